The Hall–Kier alpha value is -3.85. The van der Waals surface area contributed by atoms with Crippen LogP contribution in [0.4, 0.5) is 30.2 Å². The van der Waals surface area contributed by atoms with Gasteiger partial charge in [-0.3, -0.25) is 19.3 Å². The summed E-state index contributed by atoms with van der Waals surface area (Å²) in [4.78, 5) is 37.3. The number of hydrogen-bond acceptors (Lipinski definition) is 3. The SMILES string of the molecule is O=C(O)CC(=O)N(c1cc(Cl)ccc1NC(=O)c1ccccc1)c1ccccc1C(F)(F)F. The van der Waals surface area contributed by atoms with Crippen molar-refractivity contribution in [1.82, 2.24) is 0 Å². The molecule has 33 heavy (non-hydrogen) atoms. The summed E-state index contributed by atoms with van der Waals surface area (Å²) in [6, 6.07) is 16.1. The van der Waals surface area contributed by atoms with Crippen LogP contribution in [0.25, 0.3) is 0 Å². The average Bonchev–Trinajstić information content (AvgIpc) is 2.75. The van der Waals surface area contributed by atoms with Crippen LogP contribution < -0.4 is 10.2 Å². The molecule has 6 nitrogen and oxygen atoms in total. The van der Waals surface area contributed by atoms with Gasteiger partial charge in [0.1, 0.15) is 6.42 Å². The summed E-state index contributed by atoms with van der Waals surface area (Å²) >= 11 is 6.05. The van der Waals surface area contributed by atoms with Gasteiger partial charge in [-0.25, -0.2) is 0 Å². The zero-order chi connectivity index (χ0) is 24.2. The highest BCUT2D eigenvalue weighted by atomic mass is 35.5. The zero-order valence-electron chi connectivity index (χ0n) is 16.8. The highest BCUT2D eigenvalue weighted by Crippen LogP contribution is 2.42. The molecule has 2 N–H and O–H groups in total. The second-order valence-corrected chi connectivity index (χ2v) is 7.23. The molecule has 0 spiro atoms. The van der Waals surface area contributed by atoms with Gasteiger partial charge in [0.25, 0.3) is 5.91 Å². The number of carbonyl (C=O) groups is 3. The molecule has 0 aliphatic heterocycles. The highest BCUT2D eigenvalue weighted by Gasteiger charge is 2.37. The molecule has 0 atom stereocenters. The number of para-hydroxylation sites is 1. The first-order valence-electron chi connectivity index (χ1n) is 9.45. The molecule has 0 saturated heterocycles. The molecule has 3 aromatic carbocycles. The van der Waals surface area contributed by atoms with Gasteiger partial charge in [-0.15, -0.1) is 0 Å². The lowest BCUT2D eigenvalue weighted by Crippen LogP contribution is -2.31. The van der Waals surface area contributed by atoms with E-state index in [9.17, 15) is 27.6 Å². The zero-order valence-corrected chi connectivity index (χ0v) is 17.5. The van der Waals surface area contributed by atoms with Crippen LogP contribution in [-0.2, 0) is 15.8 Å². The van der Waals surface area contributed by atoms with Crippen molar-refractivity contribution >= 4 is 46.4 Å². The predicted molar refractivity (Wildman–Crippen MR) is 117 cm³/mol. The largest absolute Gasteiger partial charge is 0.481 e. The number of carboxylic acid groups (broad SMARTS) is 1. The molecule has 0 aliphatic rings. The highest BCUT2D eigenvalue weighted by molar-refractivity contribution is 6.31. The Bertz CT molecular complexity index is 1200. The number of carboxylic acids is 1. The maximum Gasteiger partial charge on any atom is 0.418 e. The number of benzene rings is 3. The minimum absolute atomic E-state index is 0.0380. The molecule has 0 fully saturated rings. The van der Waals surface area contributed by atoms with Crippen molar-refractivity contribution < 1.29 is 32.7 Å². The predicted octanol–water partition coefficient (Wildman–Crippen LogP) is 5.75. The van der Waals surface area contributed by atoms with Gasteiger partial charge >= 0.3 is 12.1 Å². The molecule has 0 saturated carbocycles. The lowest BCUT2D eigenvalue weighted by atomic mass is 10.1. The van der Waals surface area contributed by atoms with E-state index in [4.69, 9.17) is 16.7 Å². The van der Waals surface area contributed by atoms with E-state index >= 15 is 0 Å². The summed E-state index contributed by atoms with van der Waals surface area (Å²) in [5.41, 5.74) is -1.76. The minimum Gasteiger partial charge on any atom is -0.481 e. The maximum absolute atomic E-state index is 13.7. The molecule has 0 radical (unpaired) electrons. The standard InChI is InChI=1S/C23H16ClF3N2O4/c24-15-10-11-17(28-22(33)14-6-2-1-3-7-14)19(12-15)29(20(30)13-21(31)32)18-9-5-4-8-16(18)23(25,26)27/h1-12H,13H2,(H,28,33)(H,31,32). The van der Waals surface area contributed by atoms with Crippen LogP contribution in [0.5, 0.6) is 0 Å². The summed E-state index contributed by atoms with van der Waals surface area (Å²) in [5, 5.41) is 11.7. The van der Waals surface area contributed by atoms with E-state index in [2.05, 4.69) is 5.32 Å². The molecule has 0 bridgehead atoms. The van der Waals surface area contributed by atoms with Crippen molar-refractivity contribution in [1.29, 1.82) is 0 Å². The lowest BCUT2D eigenvalue weighted by Gasteiger charge is -2.28. The van der Waals surface area contributed by atoms with Crippen LogP contribution in [0.2, 0.25) is 5.02 Å². The number of alkyl halides is 3. The number of aliphatic carboxylic acids is 1. The second-order valence-electron chi connectivity index (χ2n) is 6.80. The van der Waals surface area contributed by atoms with Crippen LogP contribution in [0.15, 0.2) is 72.8 Å². The minimum atomic E-state index is -4.84. The Balaban J connectivity index is 2.18. The smallest absolute Gasteiger partial charge is 0.418 e. The third-order valence-electron chi connectivity index (χ3n) is 4.49. The summed E-state index contributed by atoms with van der Waals surface area (Å²) < 4.78 is 41.1. The van der Waals surface area contributed by atoms with Crippen molar-refractivity contribution in [3.63, 3.8) is 0 Å². The summed E-state index contributed by atoms with van der Waals surface area (Å²) in [6.45, 7) is 0. The number of anilines is 3. The van der Waals surface area contributed by atoms with Crippen LogP contribution in [0.3, 0.4) is 0 Å². The van der Waals surface area contributed by atoms with Crippen molar-refractivity contribution in [2.24, 2.45) is 0 Å². The Morgan fingerprint density at radius 1 is 0.909 bits per heavy atom. The normalized spacial score (nSPS) is 11.0. The van der Waals surface area contributed by atoms with Gasteiger partial charge in [-0.2, -0.15) is 13.2 Å². The number of halogens is 4. The van der Waals surface area contributed by atoms with Gasteiger partial charge in [0.15, 0.2) is 0 Å². The van der Waals surface area contributed by atoms with Crippen LogP contribution in [0.1, 0.15) is 22.3 Å². The van der Waals surface area contributed by atoms with Gasteiger partial charge in [0.2, 0.25) is 5.91 Å². The molecule has 10 heteroatoms. The second kappa shape index (κ2) is 9.74. The summed E-state index contributed by atoms with van der Waals surface area (Å²) in [6.07, 6.45) is -5.94. The van der Waals surface area contributed by atoms with E-state index in [1.165, 1.54) is 36.4 Å². The fraction of sp³-hybridized carbons (Fsp3) is 0.0870. The van der Waals surface area contributed by atoms with Crippen molar-refractivity contribution in [3.8, 4) is 0 Å². The van der Waals surface area contributed by atoms with Crippen LogP contribution >= 0.6 is 11.6 Å². The number of amides is 2. The van der Waals surface area contributed by atoms with E-state index < -0.39 is 41.6 Å². The quantitative estimate of drug-likeness (QED) is 0.443. The third kappa shape index (κ3) is 5.69. The molecule has 0 unspecified atom stereocenters. The van der Waals surface area contributed by atoms with Gasteiger partial charge < -0.3 is 10.4 Å². The van der Waals surface area contributed by atoms with Gasteiger partial charge in [-0.05, 0) is 42.5 Å². The van der Waals surface area contributed by atoms with Gasteiger partial charge in [-0.1, -0.05) is 41.9 Å². The number of nitrogens with one attached hydrogen (secondary N) is 1. The van der Waals surface area contributed by atoms with Crippen molar-refractivity contribution in [2.45, 2.75) is 12.6 Å². The summed E-state index contributed by atoms with van der Waals surface area (Å²) in [5.74, 6) is -3.28. The van der Waals surface area contributed by atoms with E-state index in [1.807, 2.05) is 0 Å². The summed E-state index contributed by atoms with van der Waals surface area (Å²) in [7, 11) is 0. The molecule has 3 rings (SSSR count). The molecular weight excluding hydrogens is 461 g/mol. The van der Waals surface area contributed by atoms with E-state index in [-0.39, 0.29) is 22.0 Å². The topological polar surface area (TPSA) is 86.7 Å². The molecule has 2 amide bonds. The molecule has 170 valence electrons. The molecule has 0 aliphatic carbocycles. The molecule has 0 heterocycles. The Labute approximate surface area is 191 Å². The lowest BCUT2D eigenvalue weighted by molar-refractivity contribution is -0.139. The van der Waals surface area contributed by atoms with E-state index in [1.54, 1.807) is 18.2 Å². The van der Waals surface area contributed by atoms with E-state index in [0.717, 1.165) is 18.2 Å². The van der Waals surface area contributed by atoms with Crippen LogP contribution in [0, 0.1) is 0 Å². The number of hydrogen-bond donors (Lipinski definition) is 2. The van der Waals surface area contributed by atoms with Crippen LogP contribution in [-0.4, -0.2) is 22.9 Å². The fourth-order valence-corrected chi connectivity index (χ4v) is 3.26. The van der Waals surface area contributed by atoms with E-state index in [0.29, 0.717) is 4.90 Å². The molecule has 3 aromatic rings. The first-order valence-corrected chi connectivity index (χ1v) is 9.82. The van der Waals surface area contributed by atoms with Gasteiger partial charge in [0.05, 0.1) is 22.6 Å². The van der Waals surface area contributed by atoms with Crippen molar-refractivity contribution in [2.75, 3.05) is 10.2 Å². The number of rotatable bonds is 6. The Morgan fingerprint density at radius 2 is 1.55 bits per heavy atom. The number of carbonyl (C=O) groups excluding carboxylic acids is 2. The first kappa shape index (κ1) is 23.8. The number of nitrogens with zero attached hydrogens (tertiary/aromatic N) is 1. The fourth-order valence-electron chi connectivity index (χ4n) is 3.09. The van der Waals surface area contributed by atoms with Gasteiger partial charge in [0, 0.05) is 10.6 Å². The monoisotopic (exact) mass is 476 g/mol. The molecule has 0 aromatic heterocycles. The Morgan fingerprint density at radius 3 is 2.18 bits per heavy atom. The Kier molecular flexibility index (Phi) is 7.03. The van der Waals surface area contributed by atoms with Crippen molar-refractivity contribution in [3.05, 3.63) is 88.9 Å². The first-order chi connectivity index (χ1) is 15.6. The maximum atomic E-state index is 13.7. The molecular formula is C23H16ClF3N2O4. The average molecular weight is 477 g/mol. The third-order valence-corrected chi connectivity index (χ3v) is 4.72.